The van der Waals surface area contributed by atoms with Crippen molar-refractivity contribution in [2.24, 2.45) is 5.92 Å². The van der Waals surface area contributed by atoms with E-state index in [1.807, 2.05) is 12.1 Å². The summed E-state index contributed by atoms with van der Waals surface area (Å²) in [6.07, 6.45) is 6.11. The molecule has 138 valence electrons. The highest BCUT2D eigenvalue weighted by molar-refractivity contribution is 5.85. The molecule has 1 heterocycles. The summed E-state index contributed by atoms with van der Waals surface area (Å²) in [5, 5.41) is 21.4. The topological polar surface area (TPSA) is 60.8 Å². The van der Waals surface area contributed by atoms with Crippen LogP contribution in [-0.4, -0.2) is 39.7 Å². The first kappa shape index (κ1) is 17.3. The molecule has 1 saturated heterocycles. The van der Waals surface area contributed by atoms with Crippen LogP contribution < -0.4 is 0 Å². The number of likely N-dealkylation sites (tertiary alicyclic amines) is 1. The number of piperidine rings is 1. The Hall–Kier alpha value is -2.07. The van der Waals surface area contributed by atoms with Crippen LogP contribution in [0.15, 0.2) is 36.4 Å². The molecule has 1 aliphatic carbocycles. The molecule has 2 aliphatic rings. The summed E-state index contributed by atoms with van der Waals surface area (Å²) in [6, 6.07) is 12.0. The minimum Gasteiger partial charge on any atom is -0.508 e. The van der Waals surface area contributed by atoms with E-state index in [1.165, 1.54) is 5.56 Å². The summed E-state index contributed by atoms with van der Waals surface area (Å²) in [4.78, 5) is 15.1. The molecule has 2 aromatic rings. The lowest BCUT2D eigenvalue weighted by molar-refractivity contribution is -0.142. The maximum Gasteiger partial charge on any atom is 0.226 e. The number of aliphatic hydroxyl groups is 1. The first-order valence-electron chi connectivity index (χ1n) is 9.80. The predicted molar refractivity (Wildman–Crippen MR) is 102 cm³/mol. The summed E-state index contributed by atoms with van der Waals surface area (Å²) < 4.78 is 0. The molecule has 2 fully saturated rings. The van der Waals surface area contributed by atoms with Gasteiger partial charge < -0.3 is 15.1 Å². The Morgan fingerprint density at radius 1 is 0.962 bits per heavy atom. The van der Waals surface area contributed by atoms with Gasteiger partial charge in [-0.1, -0.05) is 24.3 Å². The van der Waals surface area contributed by atoms with Gasteiger partial charge in [-0.05, 0) is 73.4 Å². The molecule has 2 aromatic carbocycles. The van der Waals surface area contributed by atoms with Crippen LogP contribution in [0, 0.1) is 5.92 Å². The van der Waals surface area contributed by atoms with Gasteiger partial charge in [0.15, 0.2) is 0 Å². The second kappa shape index (κ2) is 7.28. The smallest absolute Gasteiger partial charge is 0.226 e. The van der Waals surface area contributed by atoms with E-state index in [1.54, 1.807) is 12.1 Å². The van der Waals surface area contributed by atoms with Gasteiger partial charge in [0.05, 0.1) is 6.10 Å². The number of hydrogen-bond donors (Lipinski definition) is 2. The van der Waals surface area contributed by atoms with Crippen LogP contribution in [0.4, 0.5) is 0 Å². The lowest BCUT2D eigenvalue weighted by atomic mass is 9.86. The Labute approximate surface area is 154 Å². The lowest BCUT2D eigenvalue weighted by Gasteiger charge is -2.40. The molecule has 1 unspecified atom stereocenters. The molecule has 1 aliphatic heterocycles. The Balaban J connectivity index is 1.47. The largest absolute Gasteiger partial charge is 0.508 e. The molecule has 1 amide bonds. The van der Waals surface area contributed by atoms with Gasteiger partial charge in [-0.3, -0.25) is 4.79 Å². The van der Waals surface area contributed by atoms with Crippen molar-refractivity contribution in [3.05, 3.63) is 42.0 Å². The number of aliphatic hydroxyl groups excluding tert-OH is 1. The van der Waals surface area contributed by atoms with Gasteiger partial charge in [0.25, 0.3) is 0 Å². The second-order valence-electron chi connectivity index (χ2n) is 7.90. The van der Waals surface area contributed by atoms with Crippen LogP contribution in [0.1, 0.15) is 44.1 Å². The number of benzene rings is 2. The first-order valence-corrected chi connectivity index (χ1v) is 9.80. The zero-order chi connectivity index (χ0) is 18.1. The van der Waals surface area contributed by atoms with Crippen LogP contribution in [-0.2, 0) is 11.2 Å². The van der Waals surface area contributed by atoms with E-state index in [4.69, 9.17) is 0 Å². The fourth-order valence-corrected chi connectivity index (χ4v) is 4.59. The van der Waals surface area contributed by atoms with Crippen LogP contribution in [0.3, 0.4) is 0 Å². The van der Waals surface area contributed by atoms with Gasteiger partial charge >= 0.3 is 0 Å². The third-order valence-electron chi connectivity index (χ3n) is 6.06. The zero-order valence-corrected chi connectivity index (χ0v) is 15.1. The van der Waals surface area contributed by atoms with Gasteiger partial charge in [-0.25, -0.2) is 0 Å². The summed E-state index contributed by atoms with van der Waals surface area (Å²) in [5.74, 6) is 0.634. The molecule has 0 radical (unpaired) electrons. The van der Waals surface area contributed by atoms with Crippen molar-refractivity contribution in [1.82, 2.24) is 4.90 Å². The van der Waals surface area contributed by atoms with Crippen molar-refractivity contribution < 1.29 is 15.0 Å². The average Bonchev–Trinajstić information content (AvgIpc) is 2.64. The Bertz CT molecular complexity index is 795. The van der Waals surface area contributed by atoms with E-state index in [2.05, 4.69) is 17.0 Å². The maximum atomic E-state index is 13.0. The van der Waals surface area contributed by atoms with Gasteiger partial charge in [-0.15, -0.1) is 0 Å². The number of carbonyl (C=O) groups is 1. The second-order valence-corrected chi connectivity index (χ2v) is 7.90. The quantitative estimate of drug-likeness (QED) is 0.886. The molecule has 1 saturated carbocycles. The molecule has 0 bridgehead atoms. The Morgan fingerprint density at radius 2 is 1.69 bits per heavy atom. The van der Waals surface area contributed by atoms with Crippen LogP contribution in [0.5, 0.6) is 5.75 Å². The third kappa shape index (κ3) is 3.56. The van der Waals surface area contributed by atoms with E-state index in [-0.39, 0.29) is 17.8 Å². The number of hydrogen-bond acceptors (Lipinski definition) is 3. The van der Waals surface area contributed by atoms with Gasteiger partial charge in [-0.2, -0.15) is 0 Å². The molecule has 4 heteroatoms. The fourth-order valence-electron chi connectivity index (χ4n) is 4.59. The van der Waals surface area contributed by atoms with Gasteiger partial charge in [0.1, 0.15) is 5.75 Å². The number of aromatic hydroxyl groups is 1. The molecule has 0 aromatic heterocycles. The molecule has 4 rings (SSSR count). The maximum absolute atomic E-state index is 13.0. The van der Waals surface area contributed by atoms with E-state index in [9.17, 15) is 15.0 Å². The van der Waals surface area contributed by atoms with Crippen LogP contribution in [0.25, 0.3) is 10.8 Å². The Morgan fingerprint density at radius 3 is 2.50 bits per heavy atom. The highest BCUT2D eigenvalue weighted by Gasteiger charge is 2.34. The third-order valence-corrected chi connectivity index (χ3v) is 6.06. The van der Waals surface area contributed by atoms with Gasteiger partial charge in [0, 0.05) is 18.5 Å². The molecule has 4 nitrogen and oxygen atoms in total. The van der Waals surface area contributed by atoms with Crippen LogP contribution in [0.2, 0.25) is 0 Å². The van der Waals surface area contributed by atoms with E-state index >= 15 is 0 Å². The van der Waals surface area contributed by atoms with Gasteiger partial charge in [0.2, 0.25) is 5.91 Å². The van der Waals surface area contributed by atoms with E-state index in [0.717, 1.165) is 62.3 Å². The molecular weight excluding hydrogens is 326 g/mol. The highest BCUT2D eigenvalue weighted by Crippen LogP contribution is 2.30. The van der Waals surface area contributed by atoms with Crippen molar-refractivity contribution in [3.63, 3.8) is 0 Å². The van der Waals surface area contributed by atoms with E-state index < -0.39 is 0 Å². The number of nitrogens with zero attached hydrogens (tertiary/aromatic N) is 1. The monoisotopic (exact) mass is 353 g/mol. The van der Waals surface area contributed by atoms with Crippen molar-refractivity contribution in [2.75, 3.05) is 6.54 Å². The summed E-state index contributed by atoms with van der Waals surface area (Å²) in [7, 11) is 0. The van der Waals surface area contributed by atoms with Crippen molar-refractivity contribution in [1.29, 1.82) is 0 Å². The van der Waals surface area contributed by atoms with E-state index in [0.29, 0.717) is 11.9 Å². The summed E-state index contributed by atoms with van der Waals surface area (Å²) in [5.41, 5.74) is 1.18. The highest BCUT2D eigenvalue weighted by atomic mass is 16.3. The number of amides is 1. The standard InChI is InChI=1S/C22H27NO3/c24-20-9-6-19(7-10-20)23-11-1-2-18(22(23)26)13-15-3-4-17-14-21(25)8-5-16(17)12-15/h3-5,8,12,14,18-20,24-25H,1-2,6-7,9-11,13H2. The van der Waals surface area contributed by atoms with Crippen molar-refractivity contribution in [3.8, 4) is 5.75 Å². The Kier molecular flexibility index (Phi) is 4.86. The summed E-state index contributed by atoms with van der Waals surface area (Å²) >= 11 is 0. The predicted octanol–water partition coefficient (Wildman–Crippen LogP) is 3.63. The number of phenolic OH excluding ortho intramolecular Hbond substituents is 1. The molecule has 26 heavy (non-hydrogen) atoms. The SMILES string of the molecule is O=C1C(Cc2ccc3cc(O)ccc3c2)CCCN1C1CCC(O)CC1. The minimum atomic E-state index is -0.182. The lowest BCUT2D eigenvalue weighted by Crippen LogP contribution is -2.49. The normalized spacial score (nSPS) is 27.0. The number of carbonyl (C=O) groups excluding carboxylic acids is 1. The summed E-state index contributed by atoms with van der Waals surface area (Å²) in [6.45, 7) is 0.868. The number of phenols is 1. The minimum absolute atomic E-state index is 0.0603. The van der Waals surface area contributed by atoms with Crippen molar-refractivity contribution in [2.45, 2.75) is 57.1 Å². The molecule has 1 atom stereocenters. The fraction of sp³-hybridized carbons (Fsp3) is 0.500. The molecular formula is C22H27NO3. The van der Waals surface area contributed by atoms with Crippen molar-refractivity contribution >= 4 is 16.7 Å². The molecule has 2 N–H and O–H groups in total. The zero-order valence-electron chi connectivity index (χ0n) is 15.1. The van der Waals surface area contributed by atoms with Crippen LogP contribution >= 0.6 is 0 Å². The average molecular weight is 353 g/mol. The molecule has 0 spiro atoms. The number of rotatable bonds is 3. The first-order chi connectivity index (χ1) is 12.6. The number of fused-ring (bicyclic) bond motifs is 1.